The molecule has 0 spiro atoms. The van der Waals surface area contributed by atoms with Crippen LogP contribution in [0, 0.1) is 11.3 Å². The first-order chi connectivity index (χ1) is 7.52. The fraction of sp³-hybridized carbons (Fsp3) is 0.917. The summed E-state index contributed by atoms with van der Waals surface area (Å²) in [6.07, 6.45) is 5.39. The van der Waals surface area contributed by atoms with Crippen LogP contribution in [0.15, 0.2) is 0 Å². The number of carbonyl (C=O) groups is 1. The first-order valence-electron chi connectivity index (χ1n) is 6.28. The van der Waals surface area contributed by atoms with E-state index < -0.39 is 0 Å². The van der Waals surface area contributed by atoms with Crippen molar-refractivity contribution in [1.29, 1.82) is 0 Å². The Labute approximate surface area is 98.0 Å². The third kappa shape index (κ3) is 2.33. The van der Waals surface area contributed by atoms with Gasteiger partial charge in [0.15, 0.2) is 0 Å². The minimum Gasteiger partial charge on any atom is -0.386 e. The van der Waals surface area contributed by atoms with E-state index in [-0.39, 0.29) is 30.6 Å². The van der Waals surface area contributed by atoms with E-state index in [4.69, 9.17) is 9.31 Å². The van der Waals surface area contributed by atoms with Crippen molar-refractivity contribution in [2.45, 2.75) is 58.6 Å². The highest BCUT2D eigenvalue weighted by molar-refractivity contribution is 6.48. The van der Waals surface area contributed by atoms with Crippen LogP contribution in [0.2, 0.25) is 5.82 Å². The highest BCUT2D eigenvalue weighted by atomic mass is 16.8. The molecule has 4 heteroatoms. The molecule has 0 bridgehead atoms. The lowest BCUT2D eigenvalue weighted by Crippen LogP contribution is -2.55. The van der Waals surface area contributed by atoms with Crippen molar-refractivity contribution >= 4 is 13.4 Å². The minimum atomic E-state index is -0.139. The molecule has 0 aromatic carbocycles. The van der Waals surface area contributed by atoms with Gasteiger partial charge in [-0.3, -0.25) is 0 Å². The summed E-state index contributed by atoms with van der Waals surface area (Å²) in [6.45, 7) is 6.31. The average molecular weight is 224 g/mol. The number of hydrogen-bond acceptors (Lipinski definition) is 3. The summed E-state index contributed by atoms with van der Waals surface area (Å²) in [5.41, 5.74) is 0.0296. The molecular weight excluding hydrogens is 203 g/mol. The van der Waals surface area contributed by atoms with E-state index in [9.17, 15) is 4.79 Å². The summed E-state index contributed by atoms with van der Waals surface area (Å²) < 4.78 is 11.6. The molecule has 1 saturated heterocycles. The SMILES string of the molecule is CC(C)(C)C1OB(C2CCCCC2C=O)O1. The van der Waals surface area contributed by atoms with E-state index in [1.165, 1.54) is 6.42 Å². The van der Waals surface area contributed by atoms with E-state index in [1.807, 2.05) is 0 Å². The molecule has 16 heavy (non-hydrogen) atoms. The fourth-order valence-corrected chi connectivity index (χ4v) is 2.56. The highest BCUT2D eigenvalue weighted by Gasteiger charge is 2.50. The number of rotatable bonds is 2. The second kappa shape index (κ2) is 4.50. The Morgan fingerprint density at radius 1 is 1.19 bits per heavy atom. The molecule has 0 aromatic heterocycles. The molecule has 0 amide bonds. The average Bonchev–Trinajstić information content (AvgIpc) is 2.14. The predicted molar refractivity (Wildman–Crippen MR) is 62.9 cm³/mol. The maximum atomic E-state index is 11.0. The normalized spacial score (nSPS) is 32.3. The zero-order chi connectivity index (χ0) is 11.8. The van der Waals surface area contributed by atoms with Gasteiger partial charge in [0.1, 0.15) is 12.6 Å². The topological polar surface area (TPSA) is 35.5 Å². The van der Waals surface area contributed by atoms with Crippen LogP contribution < -0.4 is 0 Å². The standard InChI is InChI=1S/C12H21BO3/c1-12(2,3)11-15-13(16-11)10-7-5-4-6-9(10)8-14/h8-11H,4-7H2,1-3H3. The molecule has 2 atom stereocenters. The molecule has 2 aliphatic rings. The predicted octanol–water partition coefficient (Wildman–Crippen LogP) is 2.65. The van der Waals surface area contributed by atoms with Crippen LogP contribution in [0.3, 0.4) is 0 Å². The molecule has 0 N–H and O–H groups in total. The zero-order valence-electron chi connectivity index (χ0n) is 10.4. The molecule has 0 radical (unpaired) electrons. The fourth-order valence-electron chi connectivity index (χ4n) is 2.56. The zero-order valence-corrected chi connectivity index (χ0v) is 10.4. The second-order valence-corrected chi connectivity index (χ2v) is 6.09. The van der Waals surface area contributed by atoms with Crippen LogP contribution in [0.5, 0.6) is 0 Å². The summed E-state index contributed by atoms with van der Waals surface area (Å²) in [6, 6.07) is 0. The third-order valence-electron chi connectivity index (χ3n) is 3.62. The quantitative estimate of drug-likeness (QED) is 0.534. The summed E-state index contributed by atoms with van der Waals surface area (Å²) in [5.74, 6) is 0.421. The summed E-state index contributed by atoms with van der Waals surface area (Å²) in [5, 5.41) is 0. The molecule has 1 heterocycles. The van der Waals surface area contributed by atoms with E-state index in [2.05, 4.69) is 20.8 Å². The van der Waals surface area contributed by atoms with Gasteiger partial charge in [-0.25, -0.2) is 0 Å². The first kappa shape index (κ1) is 12.1. The molecule has 2 rings (SSSR count). The molecule has 2 fully saturated rings. The van der Waals surface area contributed by atoms with Gasteiger partial charge in [-0.15, -0.1) is 0 Å². The van der Waals surface area contributed by atoms with Crippen molar-refractivity contribution in [3.63, 3.8) is 0 Å². The molecule has 1 aliphatic heterocycles. The van der Waals surface area contributed by atoms with E-state index >= 15 is 0 Å². The summed E-state index contributed by atoms with van der Waals surface area (Å²) in [4.78, 5) is 11.0. The lowest BCUT2D eigenvalue weighted by Gasteiger charge is -2.46. The van der Waals surface area contributed by atoms with Crippen LogP contribution in [0.25, 0.3) is 0 Å². The van der Waals surface area contributed by atoms with Gasteiger partial charge in [0.25, 0.3) is 0 Å². The van der Waals surface area contributed by atoms with Gasteiger partial charge >= 0.3 is 7.12 Å². The lowest BCUT2D eigenvalue weighted by atomic mass is 9.57. The van der Waals surface area contributed by atoms with Crippen molar-refractivity contribution in [2.24, 2.45) is 11.3 Å². The van der Waals surface area contributed by atoms with Gasteiger partial charge in [-0.05, 0) is 6.42 Å². The monoisotopic (exact) mass is 224 g/mol. The molecule has 3 nitrogen and oxygen atoms in total. The van der Waals surface area contributed by atoms with Crippen LogP contribution in [0.4, 0.5) is 0 Å². The van der Waals surface area contributed by atoms with Gasteiger partial charge in [-0.2, -0.15) is 0 Å². The highest BCUT2D eigenvalue weighted by Crippen LogP contribution is 2.43. The Hall–Kier alpha value is -0.345. The van der Waals surface area contributed by atoms with Crippen LogP contribution in [0.1, 0.15) is 46.5 Å². The Balaban J connectivity index is 1.88. The van der Waals surface area contributed by atoms with E-state index in [1.54, 1.807) is 0 Å². The van der Waals surface area contributed by atoms with E-state index in [0.29, 0.717) is 0 Å². The van der Waals surface area contributed by atoms with Crippen molar-refractivity contribution in [3.8, 4) is 0 Å². The molecule has 1 saturated carbocycles. The summed E-state index contributed by atoms with van der Waals surface area (Å²) in [7, 11) is -0.139. The molecule has 1 aliphatic carbocycles. The third-order valence-corrected chi connectivity index (χ3v) is 3.62. The largest absolute Gasteiger partial charge is 0.464 e. The molecule has 90 valence electrons. The Morgan fingerprint density at radius 3 is 2.38 bits per heavy atom. The van der Waals surface area contributed by atoms with Gasteiger partial charge in [0.2, 0.25) is 0 Å². The second-order valence-electron chi connectivity index (χ2n) is 6.09. The van der Waals surface area contributed by atoms with Crippen molar-refractivity contribution in [2.75, 3.05) is 0 Å². The lowest BCUT2D eigenvalue weighted by molar-refractivity contribution is -0.178. The smallest absolute Gasteiger partial charge is 0.386 e. The van der Waals surface area contributed by atoms with Gasteiger partial charge in [0, 0.05) is 17.2 Å². The number of hydrogen-bond donors (Lipinski definition) is 0. The Bertz CT molecular complexity index is 255. The van der Waals surface area contributed by atoms with Crippen molar-refractivity contribution < 1.29 is 14.1 Å². The minimum absolute atomic E-state index is 0.0296. The van der Waals surface area contributed by atoms with Crippen LogP contribution >= 0.6 is 0 Å². The van der Waals surface area contributed by atoms with E-state index in [0.717, 1.165) is 25.5 Å². The van der Waals surface area contributed by atoms with Crippen molar-refractivity contribution in [1.82, 2.24) is 0 Å². The van der Waals surface area contributed by atoms with Crippen molar-refractivity contribution in [3.05, 3.63) is 0 Å². The maximum absolute atomic E-state index is 11.0. The summed E-state index contributed by atoms with van der Waals surface area (Å²) >= 11 is 0. The van der Waals surface area contributed by atoms with Crippen LogP contribution in [-0.2, 0) is 14.1 Å². The first-order valence-corrected chi connectivity index (χ1v) is 6.28. The van der Waals surface area contributed by atoms with Gasteiger partial charge in [-0.1, -0.05) is 40.0 Å². The molecule has 0 aromatic rings. The number of aldehydes is 1. The Kier molecular flexibility index (Phi) is 3.41. The number of carbonyl (C=O) groups excluding carboxylic acids is 1. The van der Waals surface area contributed by atoms with Gasteiger partial charge in [0.05, 0.1) is 0 Å². The molecular formula is C12H21BO3. The Morgan fingerprint density at radius 2 is 1.81 bits per heavy atom. The van der Waals surface area contributed by atoms with Gasteiger partial charge < -0.3 is 14.1 Å². The van der Waals surface area contributed by atoms with Crippen LogP contribution in [-0.4, -0.2) is 19.7 Å². The molecule has 2 unspecified atom stereocenters. The maximum Gasteiger partial charge on any atom is 0.464 e.